The van der Waals surface area contributed by atoms with Crippen LogP contribution in [0, 0.1) is 17.0 Å². The highest BCUT2D eigenvalue weighted by Gasteiger charge is 2.11. The van der Waals surface area contributed by atoms with Gasteiger partial charge in [0.2, 0.25) is 0 Å². The molecule has 0 aliphatic rings. The first-order valence-corrected chi connectivity index (χ1v) is 7.87. The van der Waals surface area contributed by atoms with Crippen molar-refractivity contribution < 1.29 is 4.92 Å². The smallest absolute Gasteiger partial charge is 0.270 e. The molecule has 0 radical (unpaired) electrons. The monoisotopic (exact) mass is 329 g/mol. The van der Waals surface area contributed by atoms with Crippen molar-refractivity contribution in [2.75, 3.05) is 26.0 Å². The number of aryl methyl sites for hydroxylation is 1. The molecule has 0 amide bonds. The summed E-state index contributed by atoms with van der Waals surface area (Å²) in [6.45, 7) is 4.97. The first-order chi connectivity index (χ1) is 11.3. The molecule has 1 heterocycles. The Hall–Kier alpha value is -2.54. The second kappa shape index (κ2) is 7.83. The van der Waals surface area contributed by atoms with Gasteiger partial charge in [0, 0.05) is 35.5 Å². The Labute approximate surface area is 141 Å². The average Bonchev–Trinajstić information content (AvgIpc) is 2.52. The molecule has 2 rings (SSSR count). The van der Waals surface area contributed by atoms with E-state index < -0.39 is 4.92 Å². The largest absolute Gasteiger partial charge is 0.367 e. The van der Waals surface area contributed by atoms with Gasteiger partial charge in [0.1, 0.15) is 5.82 Å². The van der Waals surface area contributed by atoms with Crippen LogP contribution >= 0.6 is 0 Å². The molecule has 128 valence electrons. The predicted molar refractivity (Wildman–Crippen MR) is 95.1 cm³/mol. The van der Waals surface area contributed by atoms with Gasteiger partial charge in [-0.05, 0) is 40.9 Å². The third kappa shape index (κ3) is 4.99. The maximum absolute atomic E-state index is 10.9. The summed E-state index contributed by atoms with van der Waals surface area (Å²) in [6.07, 6.45) is 0.988. The fourth-order valence-corrected chi connectivity index (χ4v) is 2.31. The van der Waals surface area contributed by atoms with E-state index >= 15 is 0 Å². The lowest BCUT2D eigenvalue weighted by atomic mass is 10.2. The normalized spacial score (nSPS) is 12.2. The summed E-state index contributed by atoms with van der Waals surface area (Å²) in [5, 5.41) is 14.3. The molecule has 0 aliphatic carbocycles. The summed E-state index contributed by atoms with van der Waals surface area (Å²) >= 11 is 0. The van der Waals surface area contributed by atoms with Gasteiger partial charge in [-0.15, -0.1) is 0 Å². The number of rotatable bonds is 7. The molecule has 24 heavy (non-hydrogen) atoms. The number of nitrogens with zero attached hydrogens (tertiary/aromatic N) is 4. The highest BCUT2D eigenvalue weighted by Crippen LogP contribution is 2.22. The summed E-state index contributed by atoms with van der Waals surface area (Å²) in [5.41, 5.74) is 1.48. The van der Waals surface area contributed by atoms with E-state index in [0.717, 1.165) is 24.5 Å². The Kier molecular flexibility index (Phi) is 5.81. The van der Waals surface area contributed by atoms with E-state index in [1.54, 1.807) is 12.1 Å². The molecule has 1 aromatic carbocycles. The number of hydrogen-bond acceptors (Lipinski definition) is 6. The van der Waals surface area contributed by atoms with Crippen LogP contribution in [0.1, 0.15) is 19.0 Å². The summed E-state index contributed by atoms with van der Waals surface area (Å²) in [6, 6.07) is 8.52. The van der Waals surface area contributed by atoms with Crippen molar-refractivity contribution in [3.63, 3.8) is 0 Å². The van der Waals surface area contributed by atoms with Gasteiger partial charge in [-0.3, -0.25) is 10.1 Å². The van der Waals surface area contributed by atoms with E-state index in [1.807, 2.05) is 27.1 Å². The number of nitro groups is 1. The van der Waals surface area contributed by atoms with Crippen LogP contribution in [0.2, 0.25) is 0 Å². The van der Waals surface area contributed by atoms with Gasteiger partial charge in [-0.1, -0.05) is 12.1 Å². The number of anilines is 1. The fraction of sp³-hybridized carbons (Fsp3) is 0.412. The van der Waals surface area contributed by atoms with Crippen LogP contribution in [0.3, 0.4) is 0 Å². The van der Waals surface area contributed by atoms with Gasteiger partial charge in [0.25, 0.3) is 5.69 Å². The van der Waals surface area contributed by atoms with E-state index in [0.29, 0.717) is 11.4 Å². The maximum atomic E-state index is 10.9. The zero-order valence-electron chi connectivity index (χ0n) is 14.5. The van der Waals surface area contributed by atoms with Crippen LogP contribution in [0.25, 0.3) is 11.4 Å². The number of aromatic nitrogens is 2. The molecule has 1 atom stereocenters. The second-order valence-electron chi connectivity index (χ2n) is 6.16. The van der Waals surface area contributed by atoms with Crippen molar-refractivity contribution >= 4 is 11.5 Å². The first-order valence-electron chi connectivity index (χ1n) is 7.87. The number of non-ortho nitro benzene ring substituents is 1. The minimum atomic E-state index is -0.415. The summed E-state index contributed by atoms with van der Waals surface area (Å²) in [4.78, 5) is 21.6. The van der Waals surface area contributed by atoms with Crippen LogP contribution < -0.4 is 5.32 Å². The molecular formula is C17H23N5O2. The summed E-state index contributed by atoms with van der Waals surface area (Å²) in [5.74, 6) is 1.22. The van der Waals surface area contributed by atoms with E-state index in [1.165, 1.54) is 12.1 Å². The molecule has 7 nitrogen and oxygen atoms in total. The Morgan fingerprint density at radius 1 is 1.29 bits per heavy atom. The Morgan fingerprint density at radius 3 is 2.71 bits per heavy atom. The number of hydrogen-bond donors (Lipinski definition) is 1. The molecule has 1 N–H and O–H groups in total. The van der Waals surface area contributed by atoms with E-state index in [-0.39, 0.29) is 11.7 Å². The molecule has 0 aliphatic heterocycles. The van der Waals surface area contributed by atoms with Gasteiger partial charge in [-0.2, -0.15) is 0 Å². The standard InChI is InChI=1S/C17H23N5O2/c1-12(8-9-21(3)4)18-16-10-13(2)19-17(20-16)14-6-5-7-15(11-14)22(23)24/h5-7,10-12H,8-9H2,1-4H3,(H,18,19,20). The highest BCUT2D eigenvalue weighted by molar-refractivity contribution is 5.61. The maximum Gasteiger partial charge on any atom is 0.270 e. The molecule has 0 spiro atoms. The van der Waals surface area contributed by atoms with Crippen molar-refractivity contribution in [1.82, 2.24) is 14.9 Å². The van der Waals surface area contributed by atoms with Gasteiger partial charge in [-0.25, -0.2) is 9.97 Å². The first kappa shape index (κ1) is 17.8. The molecule has 0 fully saturated rings. The predicted octanol–water partition coefficient (Wildman–Crippen LogP) is 3.11. The number of nitrogens with one attached hydrogen (secondary N) is 1. The van der Waals surface area contributed by atoms with Crippen molar-refractivity contribution in [3.05, 3.63) is 46.1 Å². The molecule has 0 saturated carbocycles. The molecule has 1 aromatic heterocycles. The lowest BCUT2D eigenvalue weighted by Crippen LogP contribution is -2.23. The second-order valence-corrected chi connectivity index (χ2v) is 6.16. The zero-order chi connectivity index (χ0) is 17.7. The number of nitro benzene ring substituents is 1. The fourth-order valence-electron chi connectivity index (χ4n) is 2.31. The molecule has 1 unspecified atom stereocenters. The Bertz CT molecular complexity index is 718. The minimum Gasteiger partial charge on any atom is -0.367 e. The van der Waals surface area contributed by atoms with Crippen molar-refractivity contribution in [3.8, 4) is 11.4 Å². The molecule has 0 saturated heterocycles. The van der Waals surface area contributed by atoms with E-state index in [2.05, 4.69) is 27.1 Å². The van der Waals surface area contributed by atoms with Gasteiger partial charge in [0.15, 0.2) is 5.82 Å². The van der Waals surface area contributed by atoms with Gasteiger partial charge >= 0.3 is 0 Å². The van der Waals surface area contributed by atoms with Crippen LogP contribution in [-0.2, 0) is 0 Å². The van der Waals surface area contributed by atoms with Crippen molar-refractivity contribution in [2.45, 2.75) is 26.3 Å². The molecule has 0 bridgehead atoms. The highest BCUT2D eigenvalue weighted by atomic mass is 16.6. The van der Waals surface area contributed by atoms with E-state index in [4.69, 9.17) is 0 Å². The average molecular weight is 329 g/mol. The SMILES string of the molecule is Cc1cc(NC(C)CCN(C)C)nc(-c2cccc([N+](=O)[O-])c2)n1. The lowest BCUT2D eigenvalue weighted by molar-refractivity contribution is -0.384. The van der Waals surface area contributed by atoms with Crippen LogP contribution in [-0.4, -0.2) is 46.5 Å². The summed E-state index contributed by atoms with van der Waals surface area (Å²) in [7, 11) is 4.09. The zero-order valence-corrected chi connectivity index (χ0v) is 14.5. The minimum absolute atomic E-state index is 0.0338. The Morgan fingerprint density at radius 2 is 2.04 bits per heavy atom. The van der Waals surface area contributed by atoms with Crippen LogP contribution in [0.15, 0.2) is 30.3 Å². The van der Waals surface area contributed by atoms with Crippen LogP contribution in [0.4, 0.5) is 11.5 Å². The quantitative estimate of drug-likeness (QED) is 0.620. The molecule has 7 heteroatoms. The lowest BCUT2D eigenvalue weighted by Gasteiger charge is -2.17. The topological polar surface area (TPSA) is 84.2 Å². The van der Waals surface area contributed by atoms with Gasteiger partial charge in [0.05, 0.1) is 4.92 Å². The Balaban J connectivity index is 2.22. The van der Waals surface area contributed by atoms with Crippen molar-refractivity contribution in [1.29, 1.82) is 0 Å². The third-order valence-corrected chi connectivity index (χ3v) is 3.57. The molecule has 2 aromatic rings. The number of benzene rings is 1. The van der Waals surface area contributed by atoms with Crippen molar-refractivity contribution in [2.24, 2.45) is 0 Å². The summed E-state index contributed by atoms with van der Waals surface area (Å²) < 4.78 is 0. The molecular weight excluding hydrogens is 306 g/mol. The third-order valence-electron chi connectivity index (χ3n) is 3.57. The van der Waals surface area contributed by atoms with Crippen LogP contribution in [0.5, 0.6) is 0 Å². The van der Waals surface area contributed by atoms with Gasteiger partial charge < -0.3 is 10.2 Å². The van der Waals surface area contributed by atoms with E-state index in [9.17, 15) is 10.1 Å².